The van der Waals surface area contributed by atoms with Crippen molar-refractivity contribution in [1.82, 2.24) is 14.8 Å². The summed E-state index contributed by atoms with van der Waals surface area (Å²) < 4.78 is 13.0. The largest absolute Gasteiger partial charge is 0.467 e. The Bertz CT molecular complexity index is 1040. The van der Waals surface area contributed by atoms with E-state index in [4.69, 9.17) is 9.15 Å². The zero-order valence-corrected chi connectivity index (χ0v) is 18.9. The first kappa shape index (κ1) is 21.1. The molecule has 168 valence electrons. The fourth-order valence-electron chi connectivity index (χ4n) is 3.77. The number of carbonyl (C=O) groups excluding carboxylic acids is 1. The molecule has 3 heterocycles. The van der Waals surface area contributed by atoms with Crippen LogP contribution in [0.4, 0.5) is 11.4 Å². The monoisotopic (exact) mass is 453 g/mol. The molecule has 32 heavy (non-hydrogen) atoms. The quantitative estimate of drug-likeness (QED) is 0.520. The zero-order chi connectivity index (χ0) is 21.9. The number of rotatable bonds is 8. The molecule has 8 nitrogen and oxygen atoms in total. The second kappa shape index (κ2) is 9.38. The summed E-state index contributed by atoms with van der Waals surface area (Å²) in [5, 5.41) is 12.2. The third-order valence-corrected chi connectivity index (χ3v) is 6.82. The molecule has 5 rings (SSSR count). The number of carbonyl (C=O) groups is 1. The van der Waals surface area contributed by atoms with Crippen LogP contribution in [0.25, 0.3) is 0 Å². The minimum Gasteiger partial charge on any atom is -0.467 e. The lowest BCUT2D eigenvalue weighted by molar-refractivity contribution is -0.115. The standard InChI is InChI=1S/C23H27N5O3S/c1-16(22(29)24-18-6-8-19(9-7-18)27-10-13-30-14-11-27)32-23-26-25-21(17-4-5-17)28(23)15-20-3-2-12-31-20/h2-3,6-9,12,16-17H,4-5,10-11,13-15H2,1H3,(H,24,29). The van der Waals surface area contributed by atoms with Crippen LogP contribution in [-0.4, -0.2) is 52.2 Å². The highest BCUT2D eigenvalue weighted by atomic mass is 32.2. The molecule has 1 atom stereocenters. The normalized spacial score (nSPS) is 17.3. The van der Waals surface area contributed by atoms with Crippen LogP contribution in [0, 0.1) is 0 Å². The molecule has 0 radical (unpaired) electrons. The SMILES string of the molecule is CC(Sc1nnc(C2CC2)n1Cc1ccco1)C(=O)Nc1ccc(N2CCOCC2)cc1. The van der Waals surface area contributed by atoms with Crippen LogP contribution in [0.3, 0.4) is 0 Å². The number of anilines is 2. The second-order valence-electron chi connectivity index (χ2n) is 8.18. The van der Waals surface area contributed by atoms with E-state index >= 15 is 0 Å². The summed E-state index contributed by atoms with van der Waals surface area (Å²) >= 11 is 1.42. The number of furan rings is 1. The van der Waals surface area contributed by atoms with E-state index in [0.717, 1.165) is 67.3 Å². The fourth-order valence-corrected chi connectivity index (χ4v) is 4.63. The Morgan fingerprint density at radius 2 is 1.97 bits per heavy atom. The molecule has 2 aromatic heterocycles. The van der Waals surface area contributed by atoms with Gasteiger partial charge in [-0.1, -0.05) is 11.8 Å². The van der Waals surface area contributed by atoms with E-state index in [2.05, 4.69) is 25.0 Å². The van der Waals surface area contributed by atoms with Crippen molar-refractivity contribution in [2.75, 3.05) is 36.5 Å². The third-order valence-electron chi connectivity index (χ3n) is 5.74. The molecule has 0 spiro atoms. The molecule has 1 amide bonds. The van der Waals surface area contributed by atoms with Gasteiger partial charge in [0.15, 0.2) is 5.16 Å². The van der Waals surface area contributed by atoms with Crippen LogP contribution in [0.5, 0.6) is 0 Å². The molecule has 1 aromatic carbocycles. The van der Waals surface area contributed by atoms with Crippen molar-refractivity contribution < 1.29 is 13.9 Å². The highest BCUT2D eigenvalue weighted by Crippen LogP contribution is 2.40. The van der Waals surface area contributed by atoms with Crippen LogP contribution < -0.4 is 10.2 Å². The van der Waals surface area contributed by atoms with Crippen LogP contribution in [0.1, 0.15) is 37.3 Å². The molecule has 0 bridgehead atoms. The Morgan fingerprint density at radius 1 is 1.19 bits per heavy atom. The second-order valence-corrected chi connectivity index (χ2v) is 9.48. The van der Waals surface area contributed by atoms with E-state index in [0.29, 0.717) is 12.5 Å². The maximum absolute atomic E-state index is 12.8. The first-order valence-corrected chi connectivity index (χ1v) is 11.9. The maximum atomic E-state index is 12.8. The van der Waals surface area contributed by atoms with Gasteiger partial charge in [-0.2, -0.15) is 0 Å². The lowest BCUT2D eigenvalue weighted by atomic mass is 10.2. The first-order valence-electron chi connectivity index (χ1n) is 11.0. The Labute approximate surface area is 191 Å². The van der Waals surface area contributed by atoms with E-state index < -0.39 is 0 Å². The number of benzene rings is 1. The van der Waals surface area contributed by atoms with Crippen molar-refractivity contribution in [2.45, 2.75) is 42.6 Å². The van der Waals surface area contributed by atoms with Crippen LogP contribution in [0.15, 0.2) is 52.2 Å². The van der Waals surface area contributed by atoms with Gasteiger partial charge in [0.2, 0.25) is 5.91 Å². The Morgan fingerprint density at radius 3 is 2.66 bits per heavy atom. The predicted octanol–water partition coefficient (Wildman–Crippen LogP) is 3.75. The van der Waals surface area contributed by atoms with Crippen molar-refractivity contribution in [2.24, 2.45) is 0 Å². The third kappa shape index (κ3) is 4.83. The molecule has 1 N–H and O–H groups in total. The Balaban J connectivity index is 1.23. The van der Waals surface area contributed by atoms with Gasteiger partial charge >= 0.3 is 0 Å². The number of thioether (sulfide) groups is 1. The summed E-state index contributed by atoms with van der Waals surface area (Å²) in [5.74, 6) is 2.23. The molecule has 3 aromatic rings. The fraction of sp³-hybridized carbons (Fsp3) is 0.435. The van der Waals surface area contributed by atoms with Crippen LogP contribution in [-0.2, 0) is 16.1 Å². The molecular formula is C23H27N5O3S. The molecular weight excluding hydrogens is 426 g/mol. The van der Waals surface area contributed by atoms with Gasteiger partial charge in [-0.15, -0.1) is 10.2 Å². The Kier molecular flexibility index (Phi) is 6.18. The average molecular weight is 454 g/mol. The molecule has 1 aliphatic carbocycles. The van der Waals surface area contributed by atoms with Crippen molar-refractivity contribution >= 4 is 29.0 Å². The van der Waals surface area contributed by atoms with E-state index in [9.17, 15) is 4.79 Å². The predicted molar refractivity (Wildman–Crippen MR) is 123 cm³/mol. The molecule has 1 aliphatic heterocycles. The van der Waals surface area contributed by atoms with E-state index in [1.807, 2.05) is 43.3 Å². The van der Waals surface area contributed by atoms with Crippen molar-refractivity contribution in [1.29, 1.82) is 0 Å². The van der Waals surface area contributed by atoms with Gasteiger partial charge in [-0.25, -0.2) is 0 Å². The number of hydrogen-bond acceptors (Lipinski definition) is 7. The summed E-state index contributed by atoms with van der Waals surface area (Å²) in [6, 6.07) is 11.8. The highest BCUT2D eigenvalue weighted by molar-refractivity contribution is 8.00. The summed E-state index contributed by atoms with van der Waals surface area (Å²) in [6.45, 7) is 5.75. The number of ether oxygens (including phenoxy) is 1. The van der Waals surface area contributed by atoms with E-state index in [-0.39, 0.29) is 11.2 Å². The van der Waals surface area contributed by atoms with Gasteiger partial charge < -0.3 is 19.4 Å². The van der Waals surface area contributed by atoms with Gasteiger partial charge in [0.25, 0.3) is 0 Å². The Hall–Kier alpha value is -2.78. The number of amides is 1. The topological polar surface area (TPSA) is 85.4 Å². The molecule has 1 unspecified atom stereocenters. The van der Waals surface area contributed by atoms with Gasteiger partial charge in [0, 0.05) is 30.4 Å². The lowest BCUT2D eigenvalue weighted by Gasteiger charge is -2.28. The summed E-state index contributed by atoms with van der Waals surface area (Å²) in [6.07, 6.45) is 3.94. The number of morpholine rings is 1. The first-order chi connectivity index (χ1) is 15.7. The van der Waals surface area contributed by atoms with Gasteiger partial charge in [-0.05, 0) is 56.2 Å². The van der Waals surface area contributed by atoms with Gasteiger partial charge in [0.05, 0.1) is 31.3 Å². The highest BCUT2D eigenvalue weighted by Gasteiger charge is 2.31. The zero-order valence-electron chi connectivity index (χ0n) is 18.1. The van der Waals surface area contributed by atoms with Crippen molar-refractivity contribution in [3.8, 4) is 0 Å². The molecule has 2 aliphatic rings. The van der Waals surface area contributed by atoms with E-state index in [1.165, 1.54) is 11.8 Å². The summed E-state index contributed by atoms with van der Waals surface area (Å²) in [7, 11) is 0. The molecule has 2 fully saturated rings. The lowest BCUT2D eigenvalue weighted by Crippen LogP contribution is -2.36. The van der Waals surface area contributed by atoms with Crippen LogP contribution in [0.2, 0.25) is 0 Å². The maximum Gasteiger partial charge on any atom is 0.237 e. The number of nitrogens with one attached hydrogen (secondary N) is 1. The van der Waals surface area contributed by atoms with Gasteiger partial charge in [-0.3, -0.25) is 9.36 Å². The molecule has 1 saturated heterocycles. The van der Waals surface area contributed by atoms with Crippen LogP contribution >= 0.6 is 11.8 Å². The number of hydrogen-bond donors (Lipinski definition) is 1. The smallest absolute Gasteiger partial charge is 0.237 e. The molecule has 9 heteroatoms. The number of aromatic nitrogens is 3. The molecule has 1 saturated carbocycles. The van der Waals surface area contributed by atoms with Crippen molar-refractivity contribution in [3.63, 3.8) is 0 Å². The minimum absolute atomic E-state index is 0.0605. The minimum atomic E-state index is -0.319. The van der Waals surface area contributed by atoms with Crippen molar-refractivity contribution in [3.05, 3.63) is 54.2 Å². The number of nitrogens with zero attached hydrogens (tertiary/aromatic N) is 4. The summed E-state index contributed by atoms with van der Waals surface area (Å²) in [5.41, 5.74) is 1.93. The summed E-state index contributed by atoms with van der Waals surface area (Å²) in [4.78, 5) is 15.1. The average Bonchev–Trinajstić information content (AvgIpc) is 3.39. The van der Waals surface area contributed by atoms with E-state index in [1.54, 1.807) is 6.26 Å². The van der Waals surface area contributed by atoms with Gasteiger partial charge in [0.1, 0.15) is 11.6 Å².